The number of halogens is 1. The lowest BCUT2D eigenvalue weighted by molar-refractivity contribution is 0.143. The van der Waals surface area contributed by atoms with E-state index in [-0.39, 0.29) is 23.6 Å². The van der Waals surface area contributed by atoms with Crippen molar-refractivity contribution in [1.29, 1.82) is 0 Å². The molecule has 4 rings (SSSR count). The van der Waals surface area contributed by atoms with Crippen LogP contribution in [0.1, 0.15) is 56.1 Å². The summed E-state index contributed by atoms with van der Waals surface area (Å²) >= 11 is 0. The van der Waals surface area contributed by atoms with Gasteiger partial charge < -0.3 is 5.11 Å². The van der Waals surface area contributed by atoms with Crippen molar-refractivity contribution >= 4 is 0 Å². The van der Waals surface area contributed by atoms with E-state index >= 15 is 0 Å². The zero-order chi connectivity index (χ0) is 14.6. The van der Waals surface area contributed by atoms with Crippen molar-refractivity contribution in [2.24, 2.45) is 5.92 Å². The molecule has 0 radical (unpaired) electrons. The highest BCUT2D eigenvalue weighted by Gasteiger charge is 2.39. The average Bonchev–Trinajstić information content (AvgIpc) is 3.17. The number of hydrogen-bond donors (Lipinski definition) is 1. The van der Waals surface area contributed by atoms with E-state index in [4.69, 9.17) is 1.37 Å². The molecule has 1 unspecified atom stereocenters. The van der Waals surface area contributed by atoms with E-state index in [2.05, 4.69) is 10.1 Å². The van der Waals surface area contributed by atoms with Crippen LogP contribution in [0.25, 0.3) is 0 Å². The van der Waals surface area contributed by atoms with Gasteiger partial charge in [-0.05, 0) is 24.3 Å². The summed E-state index contributed by atoms with van der Waals surface area (Å²) in [5.74, 6) is 0.127. The molecule has 0 saturated heterocycles. The van der Waals surface area contributed by atoms with Gasteiger partial charge in [0, 0.05) is 6.42 Å². The van der Waals surface area contributed by atoms with Crippen molar-refractivity contribution in [3.63, 3.8) is 0 Å². The van der Waals surface area contributed by atoms with Crippen molar-refractivity contribution in [2.45, 2.75) is 37.6 Å². The number of benzene rings is 1. The highest BCUT2D eigenvalue weighted by molar-refractivity contribution is 5.23. The van der Waals surface area contributed by atoms with Gasteiger partial charge in [0.15, 0.2) is 17.8 Å². The van der Waals surface area contributed by atoms with Gasteiger partial charge in [0.25, 0.3) is 0 Å². The van der Waals surface area contributed by atoms with Crippen LogP contribution >= 0.6 is 0 Å². The molecule has 5 heteroatoms. The minimum absolute atomic E-state index is 0.0308. The quantitative estimate of drug-likeness (QED) is 0.936. The molecule has 20 heavy (non-hydrogen) atoms. The Balaban J connectivity index is 1.74. The van der Waals surface area contributed by atoms with Gasteiger partial charge in [-0.2, -0.15) is 5.10 Å². The Kier molecular flexibility index (Phi) is 2.40. The van der Waals surface area contributed by atoms with E-state index in [0.717, 1.165) is 18.4 Å². The van der Waals surface area contributed by atoms with Crippen molar-refractivity contribution in [1.82, 2.24) is 14.8 Å². The SMILES string of the molecule is [2H]C(O)(c1nc2n(n1)[C@H](c1ccccc1)C[C@@H]2F)C1CC1. The van der Waals surface area contributed by atoms with E-state index < -0.39 is 12.3 Å². The second-order valence-electron chi connectivity index (χ2n) is 5.53. The Labute approximate surface area is 117 Å². The van der Waals surface area contributed by atoms with Gasteiger partial charge in [-0.3, -0.25) is 0 Å². The normalized spacial score (nSPS) is 28.8. The van der Waals surface area contributed by atoms with Crippen molar-refractivity contribution in [2.75, 3.05) is 0 Å². The van der Waals surface area contributed by atoms with Gasteiger partial charge in [0.05, 0.1) is 7.41 Å². The predicted octanol–water partition coefficient (Wildman–Crippen LogP) is 2.73. The van der Waals surface area contributed by atoms with E-state index in [1.165, 1.54) is 4.68 Å². The van der Waals surface area contributed by atoms with Crippen LogP contribution in [-0.4, -0.2) is 19.9 Å². The van der Waals surface area contributed by atoms with Crippen LogP contribution in [0.4, 0.5) is 4.39 Å². The fourth-order valence-electron chi connectivity index (χ4n) is 2.78. The standard InChI is InChI=1S/C15H16FN3O/c16-11-8-12(9-4-2-1-3-5-9)19-15(11)17-14(18-19)13(20)10-6-7-10/h1-5,10-13,20H,6-8H2/t11-,12-,13?/m0/s1/i13D. The van der Waals surface area contributed by atoms with Crippen molar-refractivity contribution in [3.05, 3.63) is 47.5 Å². The minimum atomic E-state index is -1.79. The molecule has 1 N–H and O–H groups in total. The molecule has 2 aliphatic rings. The molecule has 4 nitrogen and oxygen atoms in total. The molecule has 1 aliphatic heterocycles. The lowest BCUT2D eigenvalue weighted by atomic mass is 10.0. The third-order valence-electron chi connectivity index (χ3n) is 4.04. The first-order chi connectivity index (χ1) is 10.1. The molecule has 3 atom stereocenters. The van der Waals surface area contributed by atoms with Crippen LogP contribution < -0.4 is 0 Å². The predicted molar refractivity (Wildman–Crippen MR) is 70.8 cm³/mol. The maximum atomic E-state index is 14.2. The maximum absolute atomic E-state index is 14.2. The Morgan fingerprint density at radius 2 is 2.10 bits per heavy atom. The summed E-state index contributed by atoms with van der Waals surface area (Å²) in [5.41, 5.74) is 0.968. The second kappa shape index (κ2) is 4.38. The van der Waals surface area contributed by atoms with Crippen LogP contribution in [-0.2, 0) is 0 Å². The summed E-state index contributed by atoms with van der Waals surface area (Å²) in [5, 5.41) is 14.5. The van der Waals surface area contributed by atoms with Crippen LogP contribution in [0.15, 0.2) is 30.3 Å². The Bertz CT molecular complexity index is 669. The molecule has 0 amide bonds. The van der Waals surface area contributed by atoms with Gasteiger partial charge in [-0.1, -0.05) is 30.3 Å². The summed E-state index contributed by atoms with van der Waals surface area (Å²) < 4.78 is 23.8. The zero-order valence-electron chi connectivity index (χ0n) is 11.9. The summed E-state index contributed by atoms with van der Waals surface area (Å²) in [6, 6.07) is 9.37. The van der Waals surface area contributed by atoms with Gasteiger partial charge in [-0.25, -0.2) is 14.1 Å². The molecule has 1 fully saturated rings. The molecule has 0 bridgehead atoms. The van der Waals surface area contributed by atoms with Crippen LogP contribution in [0, 0.1) is 5.92 Å². The summed E-state index contributed by atoms with van der Waals surface area (Å²) in [7, 11) is 0. The summed E-state index contributed by atoms with van der Waals surface area (Å²) in [6.45, 7) is 0. The van der Waals surface area contributed by atoms with E-state index in [1.807, 2.05) is 30.3 Å². The molecule has 2 heterocycles. The molecule has 1 aliphatic carbocycles. The van der Waals surface area contributed by atoms with E-state index in [9.17, 15) is 9.50 Å². The van der Waals surface area contributed by atoms with E-state index in [0.29, 0.717) is 6.42 Å². The fraction of sp³-hybridized carbons (Fsp3) is 0.467. The number of aromatic nitrogens is 3. The second-order valence-corrected chi connectivity index (χ2v) is 5.53. The first-order valence-corrected chi connectivity index (χ1v) is 6.95. The van der Waals surface area contributed by atoms with Gasteiger partial charge in [0.1, 0.15) is 6.08 Å². The van der Waals surface area contributed by atoms with Gasteiger partial charge in [0.2, 0.25) is 0 Å². The lowest BCUT2D eigenvalue weighted by Crippen LogP contribution is -2.09. The molecule has 1 aromatic carbocycles. The zero-order valence-corrected chi connectivity index (χ0v) is 10.9. The number of rotatable bonds is 3. The highest BCUT2D eigenvalue weighted by Crippen LogP contribution is 2.43. The molecular formula is C15H16FN3O. The number of alkyl halides is 1. The molecule has 0 spiro atoms. The minimum Gasteiger partial charge on any atom is -0.385 e. The Hall–Kier alpha value is -1.75. The monoisotopic (exact) mass is 274 g/mol. The molecule has 1 saturated carbocycles. The smallest absolute Gasteiger partial charge is 0.179 e. The van der Waals surface area contributed by atoms with Crippen LogP contribution in [0.2, 0.25) is 0 Å². The molecular weight excluding hydrogens is 257 g/mol. The van der Waals surface area contributed by atoms with Crippen molar-refractivity contribution in [3.8, 4) is 0 Å². The lowest BCUT2D eigenvalue weighted by Gasteiger charge is -2.12. The van der Waals surface area contributed by atoms with Crippen LogP contribution in [0.3, 0.4) is 0 Å². The topological polar surface area (TPSA) is 50.9 Å². The third kappa shape index (κ3) is 1.85. The average molecular weight is 274 g/mol. The Morgan fingerprint density at radius 3 is 2.80 bits per heavy atom. The molecule has 1 aromatic heterocycles. The highest BCUT2D eigenvalue weighted by atomic mass is 19.1. The molecule has 104 valence electrons. The largest absolute Gasteiger partial charge is 0.385 e. The van der Waals surface area contributed by atoms with Crippen LogP contribution in [0.5, 0.6) is 0 Å². The summed E-state index contributed by atoms with van der Waals surface area (Å²) in [4.78, 5) is 4.12. The summed E-state index contributed by atoms with van der Waals surface area (Å²) in [6.07, 6.45) is -1.10. The first-order valence-electron chi connectivity index (χ1n) is 7.45. The van der Waals surface area contributed by atoms with Gasteiger partial charge in [-0.15, -0.1) is 0 Å². The van der Waals surface area contributed by atoms with Gasteiger partial charge >= 0.3 is 0 Å². The van der Waals surface area contributed by atoms with Crippen molar-refractivity contribution < 1.29 is 10.9 Å². The third-order valence-corrected chi connectivity index (χ3v) is 4.04. The van der Waals surface area contributed by atoms with E-state index in [1.54, 1.807) is 0 Å². The number of fused-ring (bicyclic) bond motifs is 1. The number of nitrogens with zero attached hydrogens (tertiary/aromatic N) is 3. The molecule has 2 aromatic rings. The first kappa shape index (κ1) is 11.0. The fourth-order valence-corrected chi connectivity index (χ4v) is 2.78. The maximum Gasteiger partial charge on any atom is 0.179 e. The Morgan fingerprint density at radius 1 is 1.35 bits per heavy atom. The number of aliphatic hydroxyl groups is 1. The number of hydrogen-bond acceptors (Lipinski definition) is 3.